The standard InChI is InChI=1S/C17H23FN6O8P2S/c1-8(2)14(25)22-17-21-13-11(15(26)23-17)20-7-24(13)16-12(32-33(27)28)10(18)9(31-16)6-30-34(35)29-5-3-4-19/h7-10,12,16,33-34H,3,5-6H2,1-2H3,(H,27,28)(H2,21,22,23,25,26)/t9-,10-,12-,16-/m1/s1. The quantitative estimate of drug-likeness (QED) is 0.267. The van der Waals surface area contributed by atoms with Gasteiger partial charge in [0.05, 0.1) is 32.0 Å². The van der Waals surface area contributed by atoms with E-state index in [0.29, 0.717) is 0 Å². The third-order valence-corrected chi connectivity index (χ3v) is 6.80. The van der Waals surface area contributed by atoms with E-state index in [2.05, 4.69) is 20.3 Å². The summed E-state index contributed by atoms with van der Waals surface area (Å²) in [6, 6.07) is 1.89. The predicted octanol–water partition coefficient (Wildman–Crippen LogP) is 1.17. The Morgan fingerprint density at radius 2 is 2.26 bits per heavy atom. The number of anilines is 1. The lowest BCUT2D eigenvalue weighted by Crippen LogP contribution is -2.31. The number of fused-ring (bicyclic) bond motifs is 1. The topological polar surface area (TPSA) is 191 Å². The average molecular weight is 552 g/mol. The molecule has 18 heteroatoms. The van der Waals surface area contributed by atoms with Gasteiger partial charge in [-0.05, 0) is 11.8 Å². The summed E-state index contributed by atoms with van der Waals surface area (Å²) in [7, 11) is -5.82. The van der Waals surface area contributed by atoms with Crippen LogP contribution in [-0.2, 0) is 39.5 Å². The van der Waals surface area contributed by atoms with Crippen molar-refractivity contribution in [2.75, 3.05) is 18.5 Å². The number of imidazole rings is 1. The minimum atomic E-state index is -3.59. The minimum Gasteiger partial charge on any atom is -0.346 e. The number of hydrogen-bond acceptors (Lipinski definition) is 11. The largest absolute Gasteiger partial charge is 0.346 e. The SMILES string of the molecule is CC(C)C(=O)Nc1nc2c(ncn2[C@@H]2O[C@H](CO[PH](=S)OCCC#N)[C@@H](F)[C@H]2O[PH](=O)O)c(=O)[nH]1. The molecule has 0 aromatic carbocycles. The van der Waals surface area contributed by atoms with Gasteiger partial charge in [-0.15, -0.1) is 0 Å². The van der Waals surface area contributed by atoms with E-state index in [1.807, 2.05) is 6.07 Å². The number of nitrogens with zero attached hydrogens (tertiary/aromatic N) is 4. The summed E-state index contributed by atoms with van der Waals surface area (Å²) in [5, 5.41) is 11.0. The highest BCUT2D eigenvalue weighted by molar-refractivity contribution is 8.00. The molecule has 0 saturated carbocycles. The zero-order chi connectivity index (χ0) is 25.7. The molecule has 6 atom stereocenters. The van der Waals surface area contributed by atoms with Crippen LogP contribution in [0.1, 0.15) is 26.5 Å². The number of rotatable bonds is 11. The maximum atomic E-state index is 15.2. The van der Waals surface area contributed by atoms with Crippen molar-refractivity contribution < 1.29 is 37.0 Å². The van der Waals surface area contributed by atoms with Crippen LogP contribution in [0.3, 0.4) is 0 Å². The summed E-state index contributed by atoms with van der Waals surface area (Å²) < 4.78 is 48.9. The maximum absolute atomic E-state index is 15.2. The first-order valence-corrected chi connectivity index (χ1v) is 14.0. The Morgan fingerprint density at radius 3 is 2.91 bits per heavy atom. The second-order valence-corrected chi connectivity index (χ2v) is 10.4. The van der Waals surface area contributed by atoms with E-state index in [1.165, 1.54) is 4.57 Å². The van der Waals surface area contributed by atoms with Crippen molar-refractivity contribution in [1.29, 1.82) is 5.26 Å². The van der Waals surface area contributed by atoms with Crippen LogP contribution in [0.5, 0.6) is 0 Å². The lowest BCUT2D eigenvalue weighted by Gasteiger charge is -2.19. The molecule has 3 heterocycles. The van der Waals surface area contributed by atoms with Crippen molar-refractivity contribution in [1.82, 2.24) is 19.5 Å². The molecule has 1 aliphatic heterocycles. The van der Waals surface area contributed by atoms with Crippen LogP contribution in [-0.4, -0.2) is 61.9 Å². The van der Waals surface area contributed by atoms with Gasteiger partial charge in [-0.25, -0.2) is 9.37 Å². The fourth-order valence-corrected chi connectivity index (χ4v) is 4.69. The second kappa shape index (κ2) is 12.2. The van der Waals surface area contributed by atoms with Crippen molar-refractivity contribution in [2.45, 2.75) is 44.9 Å². The monoisotopic (exact) mass is 552 g/mol. The van der Waals surface area contributed by atoms with Crippen molar-refractivity contribution in [3.8, 4) is 6.07 Å². The number of nitrogens with one attached hydrogen (secondary N) is 2. The van der Waals surface area contributed by atoms with Gasteiger partial charge in [0.25, 0.3) is 5.56 Å². The highest BCUT2D eigenvalue weighted by Gasteiger charge is 2.48. The normalized spacial score (nSPS) is 23.9. The number of carbonyl (C=O) groups excluding carboxylic acids is 1. The van der Waals surface area contributed by atoms with Gasteiger partial charge in [0.2, 0.25) is 11.9 Å². The molecule has 192 valence electrons. The summed E-state index contributed by atoms with van der Waals surface area (Å²) in [5.74, 6) is -0.971. The molecular formula is C17H23FN6O8P2S. The summed E-state index contributed by atoms with van der Waals surface area (Å²) in [6.45, 7) is 3.01. The zero-order valence-corrected chi connectivity index (χ0v) is 21.3. The molecule has 1 amide bonds. The molecule has 3 rings (SSSR count). The van der Waals surface area contributed by atoms with Gasteiger partial charge in [0.15, 0.2) is 30.7 Å². The van der Waals surface area contributed by atoms with Crippen molar-refractivity contribution in [2.24, 2.45) is 5.92 Å². The lowest BCUT2D eigenvalue weighted by molar-refractivity contribution is -0.118. The second-order valence-electron chi connectivity index (χ2n) is 7.56. The molecule has 1 saturated heterocycles. The molecular weight excluding hydrogens is 529 g/mol. The number of alkyl halides is 1. The molecule has 3 N–H and O–H groups in total. The van der Waals surface area contributed by atoms with Crippen LogP contribution in [0.2, 0.25) is 0 Å². The first-order valence-electron chi connectivity index (χ1n) is 10.3. The Bertz CT molecular complexity index is 1220. The van der Waals surface area contributed by atoms with E-state index in [9.17, 15) is 19.0 Å². The number of nitriles is 1. The first kappa shape index (κ1) is 27.5. The van der Waals surface area contributed by atoms with Gasteiger partial charge in [0, 0.05) is 5.92 Å². The number of carbonyl (C=O) groups is 1. The molecule has 35 heavy (non-hydrogen) atoms. The molecule has 1 aliphatic rings. The molecule has 2 unspecified atom stereocenters. The van der Waals surface area contributed by atoms with Crippen LogP contribution < -0.4 is 10.9 Å². The summed E-state index contributed by atoms with van der Waals surface area (Å²) in [6.07, 6.45) is -4.87. The number of halogens is 1. The van der Waals surface area contributed by atoms with E-state index in [4.69, 9.17) is 35.4 Å². The van der Waals surface area contributed by atoms with Crippen LogP contribution in [0.4, 0.5) is 10.3 Å². The number of ether oxygens (including phenoxy) is 1. The van der Waals surface area contributed by atoms with E-state index in [-0.39, 0.29) is 36.7 Å². The number of aromatic amines is 1. The number of hydrogen-bond donors (Lipinski definition) is 3. The molecule has 0 radical (unpaired) electrons. The van der Waals surface area contributed by atoms with Crippen LogP contribution in [0.15, 0.2) is 11.1 Å². The Hall–Kier alpha value is -2.08. The third kappa shape index (κ3) is 6.78. The average Bonchev–Trinajstić information content (AvgIpc) is 3.34. The molecule has 0 bridgehead atoms. The predicted molar refractivity (Wildman–Crippen MR) is 124 cm³/mol. The van der Waals surface area contributed by atoms with Gasteiger partial charge in [-0.1, -0.05) is 13.8 Å². The Labute approximate surface area is 204 Å². The van der Waals surface area contributed by atoms with Gasteiger partial charge in [-0.2, -0.15) is 10.2 Å². The molecule has 2 aromatic heterocycles. The fourth-order valence-electron chi connectivity index (χ4n) is 3.10. The van der Waals surface area contributed by atoms with Gasteiger partial charge in [-0.3, -0.25) is 33.5 Å². The van der Waals surface area contributed by atoms with Crippen LogP contribution in [0.25, 0.3) is 11.2 Å². The van der Waals surface area contributed by atoms with Gasteiger partial charge < -0.3 is 18.7 Å². The maximum Gasteiger partial charge on any atom is 0.317 e. The number of amides is 1. The number of aromatic nitrogens is 4. The van der Waals surface area contributed by atoms with Crippen molar-refractivity contribution >= 4 is 50.2 Å². The molecule has 2 aromatic rings. The summed E-state index contributed by atoms with van der Waals surface area (Å²) >= 11 is 5.03. The lowest BCUT2D eigenvalue weighted by atomic mass is 10.1. The highest BCUT2D eigenvalue weighted by Crippen LogP contribution is 2.40. The fraction of sp³-hybridized carbons (Fsp3) is 0.588. The van der Waals surface area contributed by atoms with Gasteiger partial charge in [0.1, 0.15) is 12.2 Å². The van der Waals surface area contributed by atoms with E-state index in [1.54, 1.807) is 13.8 Å². The summed E-state index contributed by atoms with van der Waals surface area (Å²) in [5.41, 5.74) is -0.891. The minimum absolute atomic E-state index is 0.0661. The van der Waals surface area contributed by atoms with Crippen LogP contribution >= 0.6 is 15.4 Å². The van der Waals surface area contributed by atoms with Gasteiger partial charge >= 0.3 is 8.25 Å². The third-order valence-electron chi connectivity index (χ3n) is 4.77. The Morgan fingerprint density at radius 1 is 1.51 bits per heavy atom. The zero-order valence-electron chi connectivity index (χ0n) is 18.5. The van der Waals surface area contributed by atoms with Crippen molar-refractivity contribution in [3.63, 3.8) is 0 Å². The molecule has 14 nitrogen and oxygen atoms in total. The molecule has 0 aliphatic carbocycles. The molecule has 0 spiro atoms. The Balaban J connectivity index is 1.87. The molecule has 1 fully saturated rings. The smallest absolute Gasteiger partial charge is 0.317 e. The van der Waals surface area contributed by atoms with Crippen molar-refractivity contribution in [3.05, 3.63) is 16.7 Å². The summed E-state index contributed by atoms with van der Waals surface area (Å²) in [4.78, 5) is 44.3. The van der Waals surface area contributed by atoms with Crippen LogP contribution in [0, 0.1) is 17.2 Å². The first-order chi connectivity index (χ1) is 16.6. The van der Waals surface area contributed by atoms with E-state index < -0.39 is 57.4 Å². The Kier molecular flexibility index (Phi) is 9.62. The highest BCUT2D eigenvalue weighted by atomic mass is 32.4. The van der Waals surface area contributed by atoms with E-state index >= 15 is 4.39 Å². The van der Waals surface area contributed by atoms with E-state index in [0.717, 1.165) is 6.33 Å². The number of H-pyrrole nitrogens is 1.